The van der Waals surface area contributed by atoms with Gasteiger partial charge in [0.2, 0.25) is 5.78 Å². The van der Waals surface area contributed by atoms with Gasteiger partial charge in [-0.1, -0.05) is 24.3 Å². The van der Waals surface area contributed by atoms with Gasteiger partial charge in [0.05, 0.1) is 11.6 Å². The number of nitrogens with zero attached hydrogens (tertiary/aromatic N) is 1. The molecule has 0 saturated heterocycles. The van der Waals surface area contributed by atoms with Crippen molar-refractivity contribution in [3.8, 4) is 5.75 Å². The van der Waals surface area contributed by atoms with Crippen LogP contribution in [0.25, 0.3) is 5.76 Å². The Morgan fingerprint density at radius 1 is 1.05 bits per heavy atom. The van der Waals surface area contributed by atoms with Crippen molar-refractivity contribution in [1.29, 1.82) is 0 Å². The molecule has 6 N–H and O–H groups in total. The van der Waals surface area contributed by atoms with Gasteiger partial charge < -0.3 is 31.1 Å². The predicted octanol–water partition coefficient (Wildman–Crippen LogP) is 1.59. The second kappa shape index (κ2) is 10.7. The Hall–Kier alpha value is -4.32. The highest BCUT2D eigenvalue weighted by Crippen LogP contribution is 2.58. The lowest BCUT2D eigenvalue weighted by Gasteiger charge is -2.55. The average molecular weight is 590 g/mol. The highest BCUT2D eigenvalue weighted by atomic mass is 16.3. The van der Waals surface area contributed by atoms with Crippen LogP contribution in [0.15, 0.2) is 59.4 Å². The van der Waals surface area contributed by atoms with Gasteiger partial charge in [0.25, 0.3) is 5.91 Å². The second-order valence-corrected chi connectivity index (χ2v) is 11.8. The van der Waals surface area contributed by atoms with Crippen molar-refractivity contribution in [3.63, 3.8) is 0 Å². The quantitative estimate of drug-likeness (QED) is 0.260. The molecule has 5 rings (SSSR count). The summed E-state index contributed by atoms with van der Waals surface area (Å²) in [6.45, 7) is 1.25. The molecule has 11 heteroatoms. The van der Waals surface area contributed by atoms with Crippen LogP contribution in [0.2, 0.25) is 0 Å². The molecular formula is C32H35N3O8. The van der Waals surface area contributed by atoms with Crippen LogP contribution >= 0.6 is 0 Å². The number of benzene rings is 2. The van der Waals surface area contributed by atoms with Crippen LogP contribution in [-0.2, 0) is 27.3 Å². The van der Waals surface area contributed by atoms with E-state index < -0.39 is 63.3 Å². The van der Waals surface area contributed by atoms with Crippen molar-refractivity contribution in [1.82, 2.24) is 15.5 Å². The summed E-state index contributed by atoms with van der Waals surface area (Å²) < 4.78 is 0. The number of aliphatic hydroxyl groups is 3. The SMILES string of the molecule is CNCc1ccc(O)c2c1C[C@@]1(CNC(=O)c3ccccc3)C[C@H]3[C@H](N(C)C)C(=O)C(C(C)=O)=C(O)[C@@]3(O)C(=O)C1=C2O. The number of rotatable bonds is 7. The third-order valence-corrected chi connectivity index (χ3v) is 9.02. The Bertz CT molecular complexity index is 1610. The predicted molar refractivity (Wildman–Crippen MR) is 156 cm³/mol. The zero-order valence-corrected chi connectivity index (χ0v) is 24.4. The lowest BCUT2D eigenvalue weighted by Crippen LogP contribution is -2.68. The standard InChI is InChI=1S/C32H35N3O8/c1-16(36)22-27(39)25(35(3)4)20-13-31(15-34-30(42)17-8-6-5-7-9-17)12-19-18(14-33-2)10-11-21(37)23(19)26(38)24(31)29(41)32(20,43)28(22)40/h5-11,20,25,33,37-38,40,43H,12-15H2,1-4H3,(H,34,42)/t20-,25-,31-,32+/m0/s1. The number of nitrogens with one attached hydrogen (secondary N) is 2. The van der Waals surface area contributed by atoms with Gasteiger partial charge in [0.15, 0.2) is 17.2 Å². The van der Waals surface area contributed by atoms with Crippen molar-refractivity contribution in [2.75, 3.05) is 27.7 Å². The number of hydrogen-bond donors (Lipinski definition) is 6. The number of carbonyl (C=O) groups excluding carboxylic acids is 4. The van der Waals surface area contributed by atoms with E-state index in [9.17, 15) is 39.6 Å². The van der Waals surface area contributed by atoms with Gasteiger partial charge >= 0.3 is 0 Å². The van der Waals surface area contributed by atoms with E-state index in [1.807, 2.05) is 0 Å². The van der Waals surface area contributed by atoms with E-state index in [0.29, 0.717) is 17.7 Å². The minimum absolute atomic E-state index is 0.00877. The minimum Gasteiger partial charge on any atom is -0.508 e. The fraction of sp³-hybridized carbons (Fsp3) is 0.375. The fourth-order valence-corrected chi connectivity index (χ4v) is 7.11. The third kappa shape index (κ3) is 4.46. The summed E-state index contributed by atoms with van der Waals surface area (Å²) in [4.78, 5) is 55.3. The van der Waals surface area contributed by atoms with E-state index in [1.54, 1.807) is 57.5 Å². The number of aromatic hydroxyl groups is 1. The number of Topliss-reactive ketones (excluding diaryl/α,β-unsaturated/α-hetero) is 3. The molecule has 0 aliphatic heterocycles. The first-order chi connectivity index (χ1) is 20.3. The van der Waals surface area contributed by atoms with Crippen LogP contribution in [0.3, 0.4) is 0 Å². The zero-order valence-electron chi connectivity index (χ0n) is 24.4. The molecule has 3 aliphatic rings. The fourth-order valence-electron chi connectivity index (χ4n) is 7.11. The maximum absolute atomic E-state index is 14.5. The van der Waals surface area contributed by atoms with Gasteiger partial charge in [-0.3, -0.25) is 24.1 Å². The van der Waals surface area contributed by atoms with E-state index in [-0.39, 0.29) is 36.3 Å². The zero-order chi connectivity index (χ0) is 31.4. The monoisotopic (exact) mass is 589 g/mol. The van der Waals surface area contributed by atoms with Gasteiger partial charge in [0.1, 0.15) is 22.8 Å². The molecule has 0 spiro atoms. The molecule has 3 aliphatic carbocycles. The molecule has 0 heterocycles. The first-order valence-corrected chi connectivity index (χ1v) is 14.0. The number of carbonyl (C=O) groups is 4. The number of ketones is 3. The van der Waals surface area contributed by atoms with E-state index in [2.05, 4.69) is 10.6 Å². The number of likely N-dealkylation sites (N-methyl/N-ethyl adjacent to an activating group) is 1. The Labute approximate surface area is 248 Å². The molecule has 2 aromatic rings. The average Bonchev–Trinajstić information content (AvgIpc) is 2.95. The lowest BCUT2D eigenvalue weighted by molar-refractivity contribution is -0.157. The molecule has 226 valence electrons. The maximum Gasteiger partial charge on any atom is 0.251 e. The van der Waals surface area contributed by atoms with Crippen molar-refractivity contribution in [3.05, 3.63) is 81.6 Å². The number of phenolic OH excluding ortho intramolecular Hbond substituents is 1. The van der Waals surface area contributed by atoms with Gasteiger partial charge in [-0.05, 0) is 70.2 Å². The summed E-state index contributed by atoms with van der Waals surface area (Å²) in [5, 5.41) is 51.8. The Morgan fingerprint density at radius 2 is 1.72 bits per heavy atom. The number of amides is 1. The molecule has 1 saturated carbocycles. The molecule has 0 unspecified atom stereocenters. The molecule has 0 bridgehead atoms. The summed E-state index contributed by atoms with van der Waals surface area (Å²) in [5.41, 5.74) is -3.43. The highest BCUT2D eigenvalue weighted by Gasteiger charge is 2.67. The molecule has 0 radical (unpaired) electrons. The molecule has 1 amide bonds. The molecule has 2 aromatic carbocycles. The van der Waals surface area contributed by atoms with Crippen LogP contribution < -0.4 is 10.6 Å². The Morgan fingerprint density at radius 3 is 2.33 bits per heavy atom. The summed E-state index contributed by atoms with van der Waals surface area (Å²) in [5.74, 6) is -6.29. The van der Waals surface area contributed by atoms with Crippen molar-refractivity contribution < 1.29 is 39.6 Å². The smallest absolute Gasteiger partial charge is 0.251 e. The van der Waals surface area contributed by atoms with Gasteiger partial charge in [-0.25, -0.2) is 0 Å². The lowest BCUT2D eigenvalue weighted by atomic mass is 9.51. The van der Waals surface area contributed by atoms with Gasteiger partial charge in [-0.2, -0.15) is 0 Å². The van der Waals surface area contributed by atoms with Crippen LogP contribution in [0.5, 0.6) is 5.75 Å². The van der Waals surface area contributed by atoms with E-state index >= 15 is 0 Å². The summed E-state index contributed by atoms with van der Waals surface area (Å²) in [7, 11) is 4.87. The topological polar surface area (TPSA) is 176 Å². The normalized spacial score (nSPS) is 26.7. The number of phenols is 1. The summed E-state index contributed by atoms with van der Waals surface area (Å²) >= 11 is 0. The molecule has 4 atom stereocenters. The third-order valence-electron chi connectivity index (χ3n) is 9.02. The first-order valence-electron chi connectivity index (χ1n) is 14.0. The van der Waals surface area contributed by atoms with Crippen LogP contribution in [0, 0.1) is 11.3 Å². The maximum atomic E-state index is 14.5. The number of hydrogen-bond acceptors (Lipinski definition) is 10. The Kier molecular flexibility index (Phi) is 7.54. The van der Waals surface area contributed by atoms with Crippen molar-refractivity contribution in [2.24, 2.45) is 11.3 Å². The Balaban J connectivity index is 1.76. The van der Waals surface area contributed by atoms with E-state index in [0.717, 1.165) is 12.5 Å². The van der Waals surface area contributed by atoms with Gasteiger partial charge in [-0.15, -0.1) is 0 Å². The first kappa shape index (κ1) is 30.1. The van der Waals surface area contributed by atoms with Crippen LogP contribution in [0.1, 0.15) is 40.4 Å². The summed E-state index contributed by atoms with van der Waals surface area (Å²) in [6.07, 6.45) is -0.0828. The summed E-state index contributed by atoms with van der Waals surface area (Å²) in [6, 6.07) is 10.3. The largest absolute Gasteiger partial charge is 0.508 e. The molecular weight excluding hydrogens is 554 g/mol. The van der Waals surface area contributed by atoms with E-state index in [1.165, 1.54) is 11.0 Å². The van der Waals surface area contributed by atoms with Crippen molar-refractivity contribution >= 4 is 29.0 Å². The molecule has 43 heavy (non-hydrogen) atoms. The highest BCUT2D eigenvalue weighted by molar-refractivity contribution is 6.25. The molecule has 1 fully saturated rings. The van der Waals surface area contributed by atoms with E-state index in [4.69, 9.17) is 0 Å². The molecule has 11 nitrogen and oxygen atoms in total. The van der Waals surface area contributed by atoms with Crippen molar-refractivity contribution in [2.45, 2.75) is 38.0 Å². The number of fused-ring (bicyclic) bond motifs is 3. The minimum atomic E-state index is -2.73. The van der Waals surface area contributed by atoms with Crippen LogP contribution in [0.4, 0.5) is 0 Å². The second-order valence-electron chi connectivity index (χ2n) is 11.8. The van der Waals surface area contributed by atoms with Gasteiger partial charge in [0, 0.05) is 35.6 Å². The number of aliphatic hydroxyl groups excluding tert-OH is 2. The molecule has 0 aromatic heterocycles. The van der Waals surface area contributed by atoms with Crippen LogP contribution in [-0.4, -0.2) is 87.9 Å².